The van der Waals surface area contributed by atoms with Crippen LogP contribution in [0.4, 0.5) is 0 Å². The largest absolute Gasteiger partial charge is 0.454 e. The van der Waals surface area contributed by atoms with Gasteiger partial charge >= 0.3 is 5.97 Å². The Balaban J connectivity index is 0.000000180. The fraction of sp³-hybridized carbons (Fsp3) is 0.278. The number of fused-ring (bicyclic) bond motifs is 1. The minimum absolute atomic E-state index is 0.0996. The number of aliphatic hydroxyl groups is 1. The quantitative estimate of drug-likeness (QED) is 0.697. The van der Waals surface area contributed by atoms with Gasteiger partial charge in [0.2, 0.25) is 0 Å². The third-order valence-corrected chi connectivity index (χ3v) is 3.86. The summed E-state index contributed by atoms with van der Waals surface area (Å²) in [4.78, 5) is 11.3. The molecule has 108 valence electrons. The van der Waals surface area contributed by atoms with E-state index in [-0.39, 0.29) is 12.4 Å². The molecule has 4 rings (SSSR count). The molecule has 2 atom stereocenters. The van der Waals surface area contributed by atoms with Crippen LogP contribution < -0.4 is 0 Å². The first-order valence-corrected chi connectivity index (χ1v) is 7.13. The molecule has 2 aliphatic carbocycles. The fourth-order valence-corrected chi connectivity index (χ4v) is 2.69. The summed E-state index contributed by atoms with van der Waals surface area (Å²) in [5.74, 6) is -0.333. The SMILES string of the molecule is CC1(c2ccccc2)CC(O)CC(=O)O1.c1cc2cc-2c1. The number of hydrogen-bond donors (Lipinski definition) is 1. The zero-order valence-electron chi connectivity index (χ0n) is 12.0. The van der Waals surface area contributed by atoms with Crippen molar-refractivity contribution in [3.8, 4) is 11.1 Å². The summed E-state index contributed by atoms with van der Waals surface area (Å²) in [5, 5.41) is 9.58. The number of carbonyl (C=O) groups is 1. The van der Waals surface area contributed by atoms with E-state index in [0.717, 1.165) is 5.56 Å². The van der Waals surface area contributed by atoms with Crippen molar-refractivity contribution in [1.29, 1.82) is 0 Å². The highest BCUT2D eigenvalue weighted by molar-refractivity contribution is 5.80. The van der Waals surface area contributed by atoms with Crippen molar-refractivity contribution in [3.05, 3.63) is 60.2 Å². The highest BCUT2D eigenvalue weighted by Gasteiger charge is 2.38. The summed E-state index contributed by atoms with van der Waals surface area (Å²) < 4.78 is 5.33. The Bertz CT molecular complexity index is 633. The van der Waals surface area contributed by atoms with Crippen LogP contribution in [0.5, 0.6) is 0 Å². The Labute approximate surface area is 124 Å². The summed E-state index contributed by atoms with van der Waals surface area (Å²) in [6.45, 7) is 1.84. The van der Waals surface area contributed by atoms with Crippen molar-refractivity contribution in [1.82, 2.24) is 0 Å². The summed E-state index contributed by atoms with van der Waals surface area (Å²) in [6, 6.07) is 18.0. The number of benzene rings is 2. The Kier molecular flexibility index (Phi) is 3.52. The topological polar surface area (TPSA) is 46.5 Å². The minimum Gasteiger partial charge on any atom is -0.454 e. The second-order valence-corrected chi connectivity index (χ2v) is 5.71. The minimum atomic E-state index is -0.685. The zero-order valence-corrected chi connectivity index (χ0v) is 12.0. The normalized spacial score (nSPS) is 25.4. The second-order valence-electron chi connectivity index (χ2n) is 5.71. The monoisotopic (exact) mass is 282 g/mol. The molecule has 3 heteroatoms. The summed E-state index contributed by atoms with van der Waals surface area (Å²) in [7, 11) is 0. The number of carbonyl (C=O) groups excluding carboxylic acids is 1. The first-order chi connectivity index (χ1) is 10.1. The first kappa shape index (κ1) is 13.8. The lowest BCUT2D eigenvalue weighted by Gasteiger charge is -2.36. The van der Waals surface area contributed by atoms with Crippen molar-refractivity contribution in [2.75, 3.05) is 0 Å². The van der Waals surface area contributed by atoms with Gasteiger partial charge in [0.05, 0.1) is 12.5 Å². The van der Waals surface area contributed by atoms with Crippen molar-refractivity contribution in [2.24, 2.45) is 0 Å². The van der Waals surface area contributed by atoms with Gasteiger partial charge in [-0.3, -0.25) is 4.79 Å². The van der Waals surface area contributed by atoms with Gasteiger partial charge in [-0.15, -0.1) is 0 Å². The molecule has 1 N–H and O–H groups in total. The van der Waals surface area contributed by atoms with Gasteiger partial charge in [-0.05, 0) is 29.7 Å². The molecular formula is C18H18O3. The van der Waals surface area contributed by atoms with Crippen LogP contribution in [0.1, 0.15) is 25.3 Å². The number of hydrogen-bond acceptors (Lipinski definition) is 3. The van der Waals surface area contributed by atoms with Crippen LogP contribution in [0.2, 0.25) is 0 Å². The third-order valence-electron chi connectivity index (χ3n) is 3.86. The van der Waals surface area contributed by atoms with Gasteiger partial charge < -0.3 is 9.84 Å². The zero-order chi connectivity index (χ0) is 14.9. The van der Waals surface area contributed by atoms with Gasteiger partial charge in [-0.25, -0.2) is 0 Å². The highest BCUT2D eigenvalue weighted by Crippen LogP contribution is 2.35. The van der Waals surface area contributed by atoms with E-state index < -0.39 is 11.7 Å². The summed E-state index contributed by atoms with van der Waals surface area (Å²) >= 11 is 0. The molecule has 0 radical (unpaired) electrons. The summed E-state index contributed by atoms with van der Waals surface area (Å²) in [5.41, 5.74) is 3.10. The lowest BCUT2D eigenvalue weighted by Crippen LogP contribution is -2.39. The van der Waals surface area contributed by atoms with Crippen LogP contribution in [0.3, 0.4) is 0 Å². The van der Waals surface area contributed by atoms with E-state index in [4.69, 9.17) is 4.74 Å². The number of cyclic esters (lactones) is 1. The molecule has 0 aromatic heterocycles. The van der Waals surface area contributed by atoms with E-state index in [0.29, 0.717) is 6.42 Å². The number of ether oxygens (including phenoxy) is 1. The van der Waals surface area contributed by atoms with Crippen molar-refractivity contribution < 1.29 is 14.6 Å². The van der Waals surface area contributed by atoms with Crippen LogP contribution in [0.25, 0.3) is 11.1 Å². The highest BCUT2D eigenvalue weighted by atomic mass is 16.6. The smallest absolute Gasteiger partial charge is 0.309 e. The van der Waals surface area contributed by atoms with Crippen LogP contribution in [0, 0.1) is 0 Å². The number of esters is 1. The van der Waals surface area contributed by atoms with E-state index >= 15 is 0 Å². The van der Waals surface area contributed by atoms with Crippen LogP contribution >= 0.6 is 0 Å². The molecule has 0 saturated carbocycles. The van der Waals surface area contributed by atoms with E-state index in [2.05, 4.69) is 24.3 Å². The Morgan fingerprint density at radius 3 is 2.24 bits per heavy atom. The molecule has 1 aliphatic heterocycles. The standard InChI is InChI=1S/C12H14O3.C6H4/c1-12(9-5-3-2-4-6-9)8-10(13)7-11(14)15-12;1-2-5-4-6(5)3-1/h2-6,10,13H,7-8H2,1H3;1-4H. The first-order valence-electron chi connectivity index (χ1n) is 7.13. The number of aliphatic hydroxyl groups excluding tert-OH is 1. The van der Waals surface area contributed by atoms with Crippen LogP contribution in [-0.2, 0) is 15.1 Å². The molecule has 1 fully saturated rings. The Morgan fingerprint density at radius 2 is 1.76 bits per heavy atom. The molecule has 21 heavy (non-hydrogen) atoms. The molecule has 3 aliphatic rings. The van der Waals surface area contributed by atoms with Gasteiger partial charge in [-0.1, -0.05) is 48.5 Å². The predicted octanol–water partition coefficient (Wildman–Crippen LogP) is 3.27. The van der Waals surface area contributed by atoms with E-state index in [1.165, 1.54) is 11.1 Å². The average Bonchev–Trinajstić information content (AvgIpc) is 3.05. The molecule has 1 aromatic carbocycles. The molecule has 0 bridgehead atoms. The maximum Gasteiger partial charge on any atom is 0.309 e. The van der Waals surface area contributed by atoms with Crippen molar-refractivity contribution in [3.63, 3.8) is 0 Å². The van der Waals surface area contributed by atoms with Gasteiger partial charge in [-0.2, -0.15) is 0 Å². The second kappa shape index (κ2) is 5.34. The molecule has 3 nitrogen and oxygen atoms in total. The third kappa shape index (κ3) is 3.14. The van der Waals surface area contributed by atoms with E-state index in [1.807, 2.05) is 37.3 Å². The van der Waals surface area contributed by atoms with Crippen LogP contribution in [0.15, 0.2) is 54.6 Å². The molecule has 0 spiro atoms. The molecule has 2 unspecified atom stereocenters. The molecule has 1 heterocycles. The van der Waals surface area contributed by atoms with Gasteiger partial charge in [0.1, 0.15) is 5.60 Å². The van der Waals surface area contributed by atoms with E-state index in [9.17, 15) is 9.90 Å². The fourth-order valence-electron chi connectivity index (χ4n) is 2.69. The summed E-state index contributed by atoms with van der Waals surface area (Å²) in [6.07, 6.45) is -0.0398. The van der Waals surface area contributed by atoms with Gasteiger partial charge in [0.15, 0.2) is 0 Å². The maximum atomic E-state index is 11.3. The maximum absolute atomic E-state index is 11.3. The number of rotatable bonds is 1. The predicted molar refractivity (Wildman–Crippen MR) is 80.6 cm³/mol. The van der Waals surface area contributed by atoms with Gasteiger partial charge in [0.25, 0.3) is 0 Å². The lowest BCUT2D eigenvalue weighted by molar-refractivity contribution is -0.175. The van der Waals surface area contributed by atoms with Crippen molar-refractivity contribution in [2.45, 2.75) is 31.5 Å². The molecule has 0 amide bonds. The molecule has 1 saturated heterocycles. The van der Waals surface area contributed by atoms with Crippen molar-refractivity contribution >= 4 is 5.97 Å². The van der Waals surface area contributed by atoms with E-state index in [1.54, 1.807) is 0 Å². The van der Waals surface area contributed by atoms with Gasteiger partial charge in [0, 0.05) is 6.42 Å². The Morgan fingerprint density at radius 1 is 1.10 bits per heavy atom. The molecule has 1 aromatic rings. The van der Waals surface area contributed by atoms with Crippen LogP contribution in [-0.4, -0.2) is 17.2 Å². The average molecular weight is 282 g/mol. The molecular weight excluding hydrogens is 264 g/mol. The lowest BCUT2D eigenvalue weighted by atomic mass is 9.87. The Hall–Kier alpha value is -2.13.